The summed E-state index contributed by atoms with van der Waals surface area (Å²) in [5.41, 5.74) is 8.15. The number of carbonyl (C=O) groups excluding carboxylic acids is 2. The number of carbonyl (C=O) groups is 2. The molecule has 0 radical (unpaired) electrons. The Kier molecular flexibility index (Phi) is 11.9. The standard InChI is InChI=1S/C39H40O6/c1-6-8-29-9-11-30(12-10-29)31-13-15-33(16-14-31)36-25-34(32-17-20-35(21-18-32)45-38(40)27(2)3)19-22-37(36)43-23-7-24-44-39(41)28(4)26-42-5/h9-22,25H,2,4,6-8,23-24,26H2,1,3,5H3. The van der Waals surface area contributed by atoms with Crippen LogP contribution in [0.25, 0.3) is 33.4 Å². The third kappa shape index (κ3) is 9.27. The van der Waals surface area contributed by atoms with E-state index in [1.807, 2.05) is 24.3 Å². The average Bonchev–Trinajstić information content (AvgIpc) is 3.05. The maximum Gasteiger partial charge on any atom is 0.338 e. The fourth-order valence-corrected chi connectivity index (χ4v) is 4.71. The van der Waals surface area contributed by atoms with E-state index in [1.165, 1.54) is 18.2 Å². The molecule has 4 rings (SSSR count). The zero-order valence-corrected chi connectivity index (χ0v) is 26.3. The van der Waals surface area contributed by atoms with E-state index in [4.69, 9.17) is 18.9 Å². The van der Waals surface area contributed by atoms with Crippen LogP contribution in [-0.4, -0.2) is 38.9 Å². The van der Waals surface area contributed by atoms with Crippen molar-refractivity contribution in [2.75, 3.05) is 26.9 Å². The number of benzene rings is 4. The van der Waals surface area contributed by atoms with Crippen LogP contribution in [0.5, 0.6) is 11.5 Å². The summed E-state index contributed by atoms with van der Waals surface area (Å²) in [5, 5.41) is 0. The van der Waals surface area contributed by atoms with Crippen LogP contribution in [0, 0.1) is 0 Å². The molecule has 45 heavy (non-hydrogen) atoms. The second kappa shape index (κ2) is 16.2. The summed E-state index contributed by atoms with van der Waals surface area (Å²) >= 11 is 0. The predicted molar refractivity (Wildman–Crippen MR) is 179 cm³/mol. The SMILES string of the molecule is C=C(C)C(=O)Oc1ccc(-c2ccc(OCCCOC(=O)C(=C)COC)c(-c3ccc(-c4ccc(CCC)cc4)cc3)c2)cc1. The summed E-state index contributed by atoms with van der Waals surface area (Å²) in [4.78, 5) is 23.9. The van der Waals surface area contributed by atoms with Gasteiger partial charge in [-0.2, -0.15) is 0 Å². The van der Waals surface area contributed by atoms with Gasteiger partial charge in [0.15, 0.2) is 0 Å². The van der Waals surface area contributed by atoms with Gasteiger partial charge < -0.3 is 18.9 Å². The normalized spacial score (nSPS) is 10.6. The highest BCUT2D eigenvalue weighted by atomic mass is 16.5. The molecule has 232 valence electrons. The maximum atomic E-state index is 12.0. The van der Waals surface area contributed by atoms with Gasteiger partial charge in [0.1, 0.15) is 11.5 Å². The second-order valence-corrected chi connectivity index (χ2v) is 10.8. The molecule has 0 N–H and O–H groups in total. The Bertz CT molecular complexity index is 1620. The average molecular weight is 605 g/mol. The van der Waals surface area contributed by atoms with Crippen LogP contribution in [0.1, 0.15) is 32.3 Å². The topological polar surface area (TPSA) is 71.1 Å². The second-order valence-electron chi connectivity index (χ2n) is 10.8. The number of ether oxygens (including phenoxy) is 4. The van der Waals surface area contributed by atoms with Crippen molar-refractivity contribution in [3.05, 3.63) is 121 Å². The summed E-state index contributed by atoms with van der Waals surface area (Å²) < 4.78 is 21.8. The van der Waals surface area contributed by atoms with Gasteiger partial charge >= 0.3 is 11.9 Å². The number of rotatable bonds is 15. The molecule has 0 atom stereocenters. The van der Waals surface area contributed by atoms with Gasteiger partial charge in [-0.25, -0.2) is 9.59 Å². The van der Waals surface area contributed by atoms with Gasteiger partial charge in [-0.15, -0.1) is 0 Å². The number of hydrogen-bond donors (Lipinski definition) is 0. The number of esters is 2. The summed E-state index contributed by atoms with van der Waals surface area (Å²) in [6.45, 7) is 11.8. The lowest BCUT2D eigenvalue weighted by Crippen LogP contribution is -2.13. The third-order valence-electron chi connectivity index (χ3n) is 7.13. The first kappa shape index (κ1) is 33.0. The molecule has 0 fully saturated rings. The highest BCUT2D eigenvalue weighted by molar-refractivity contribution is 5.89. The van der Waals surface area contributed by atoms with E-state index in [9.17, 15) is 9.59 Å². The number of aryl methyl sites for hydroxylation is 1. The van der Waals surface area contributed by atoms with Crippen molar-refractivity contribution in [3.8, 4) is 44.9 Å². The summed E-state index contributed by atoms with van der Waals surface area (Å²) in [6.07, 6.45) is 2.72. The molecule has 0 aromatic heterocycles. The van der Waals surface area contributed by atoms with Crippen LogP contribution in [0.3, 0.4) is 0 Å². The molecule has 0 spiro atoms. The van der Waals surface area contributed by atoms with Crippen molar-refractivity contribution < 1.29 is 28.5 Å². The Morgan fingerprint density at radius 2 is 1.29 bits per heavy atom. The quantitative estimate of drug-likeness (QED) is 0.0585. The van der Waals surface area contributed by atoms with Crippen LogP contribution < -0.4 is 9.47 Å². The summed E-state index contributed by atoms with van der Waals surface area (Å²) in [6, 6.07) is 30.6. The molecular weight excluding hydrogens is 564 g/mol. The van der Waals surface area contributed by atoms with Crippen molar-refractivity contribution in [3.63, 3.8) is 0 Å². The van der Waals surface area contributed by atoms with Gasteiger partial charge in [-0.1, -0.05) is 93.2 Å². The molecule has 6 heteroatoms. The molecule has 4 aromatic carbocycles. The Balaban J connectivity index is 1.54. The monoisotopic (exact) mass is 604 g/mol. The van der Waals surface area contributed by atoms with Crippen molar-refractivity contribution in [2.45, 2.75) is 33.1 Å². The van der Waals surface area contributed by atoms with E-state index in [0.29, 0.717) is 24.4 Å². The molecule has 0 unspecified atom stereocenters. The van der Waals surface area contributed by atoms with Crippen LogP contribution in [0.15, 0.2) is 115 Å². The van der Waals surface area contributed by atoms with Crippen molar-refractivity contribution in [1.82, 2.24) is 0 Å². The van der Waals surface area contributed by atoms with Gasteiger partial charge in [0.2, 0.25) is 0 Å². The van der Waals surface area contributed by atoms with Gasteiger partial charge in [-0.3, -0.25) is 0 Å². The Morgan fingerprint density at radius 1 is 0.711 bits per heavy atom. The fourth-order valence-electron chi connectivity index (χ4n) is 4.71. The molecule has 0 aliphatic carbocycles. The van der Waals surface area contributed by atoms with E-state index < -0.39 is 11.9 Å². The van der Waals surface area contributed by atoms with Gasteiger partial charge in [0.25, 0.3) is 0 Å². The predicted octanol–water partition coefficient (Wildman–Crippen LogP) is 8.64. The smallest absolute Gasteiger partial charge is 0.338 e. The molecular formula is C39H40O6. The van der Waals surface area contributed by atoms with Crippen molar-refractivity contribution in [1.29, 1.82) is 0 Å². The van der Waals surface area contributed by atoms with Crippen LogP contribution in [0.4, 0.5) is 0 Å². The maximum absolute atomic E-state index is 12.0. The summed E-state index contributed by atoms with van der Waals surface area (Å²) in [7, 11) is 1.50. The van der Waals surface area contributed by atoms with Gasteiger partial charge in [0, 0.05) is 24.7 Å². The Labute approximate surface area is 265 Å². The molecule has 0 saturated carbocycles. The van der Waals surface area contributed by atoms with Crippen molar-refractivity contribution >= 4 is 11.9 Å². The first-order valence-electron chi connectivity index (χ1n) is 15.1. The van der Waals surface area contributed by atoms with E-state index in [-0.39, 0.29) is 18.8 Å². The molecule has 0 amide bonds. The van der Waals surface area contributed by atoms with Gasteiger partial charge in [-0.05, 0) is 71.0 Å². The third-order valence-corrected chi connectivity index (χ3v) is 7.13. The minimum atomic E-state index is -0.470. The van der Waals surface area contributed by atoms with Crippen LogP contribution >= 0.6 is 0 Å². The Hall–Kier alpha value is -4.94. The highest BCUT2D eigenvalue weighted by Crippen LogP contribution is 2.36. The largest absolute Gasteiger partial charge is 0.493 e. The highest BCUT2D eigenvalue weighted by Gasteiger charge is 2.12. The lowest BCUT2D eigenvalue weighted by molar-refractivity contribution is -0.139. The van der Waals surface area contributed by atoms with E-state index >= 15 is 0 Å². The molecule has 0 saturated heterocycles. The van der Waals surface area contributed by atoms with E-state index in [1.54, 1.807) is 19.1 Å². The molecule has 0 bridgehead atoms. The number of hydrogen-bond acceptors (Lipinski definition) is 6. The number of methoxy groups -OCH3 is 1. The molecule has 0 aliphatic rings. The fraction of sp³-hybridized carbons (Fsp3) is 0.231. The van der Waals surface area contributed by atoms with Gasteiger partial charge in [0.05, 0.1) is 25.4 Å². The molecule has 0 heterocycles. The van der Waals surface area contributed by atoms with Crippen molar-refractivity contribution in [2.24, 2.45) is 0 Å². The molecule has 4 aromatic rings. The molecule has 0 aliphatic heterocycles. The summed E-state index contributed by atoms with van der Waals surface area (Å²) in [5.74, 6) is 0.248. The first-order valence-corrected chi connectivity index (χ1v) is 15.1. The van der Waals surface area contributed by atoms with E-state index in [2.05, 4.69) is 74.7 Å². The molecule has 6 nitrogen and oxygen atoms in total. The zero-order valence-electron chi connectivity index (χ0n) is 26.3. The lowest BCUT2D eigenvalue weighted by atomic mass is 9.96. The minimum Gasteiger partial charge on any atom is -0.493 e. The first-order chi connectivity index (χ1) is 21.8. The lowest BCUT2D eigenvalue weighted by Gasteiger charge is -2.15. The van der Waals surface area contributed by atoms with Crippen LogP contribution in [0.2, 0.25) is 0 Å². The van der Waals surface area contributed by atoms with Crippen LogP contribution in [-0.2, 0) is 25.5 Å². The zero-order chi connectivity index (χ0) is 32.2. The Morgan fingerprint density at radius 3 is 1.91 bits per heavy atom. The minimum absolute atomic E-state index is 0.135. The van der Waals surface area contributed by atoms with E-state index in [0.717, 1.165) is 46.4 Å².